The number of hydrogen-bond donors (Lipinski definition) is 1. The molecule has 0 fully saturated rings. The number of halogens is 1. The second-order valence-corrected chi connectivity index (χ2v) is 5.53. The summed E-state index contributed by atoms with van der Waals surface area (Å²) in [4.78, 5) is 8.29. The van der Waals surface area contributed by atoms with Gasteiger partial charge in [0.2, 0.25) is 0 Å². The maximum absolute atomic E-state index is 13.4. The molecular formula is C16H17FN2O. The Labute approximate surface area is 117 Å². The molecule has 0 aliphatic heterocycles. The molecule has 0 radical (unpaired) electrons. The fourth-order valence-electron chi connectivity index (χ4n) is 3.05. The third kappa shape index (κ3) is 2.20. The first-order valence-corrected chi connectivity index (χ1v) is 6.86. The van der Waals surface area contributed by atoms with Crippen molar-refractivity contribution >= 4 is 0 Å². The van der Waals surface area contributed by atoms with Crippen LogP contribution in [-0.4, -0.2) is 15.1 Å². The number of fused-ring (bicyclic) bond motifs is 1. The molecule has 4 heteroatoms. The lowest BCUT2D eigenvalue weighted by atomic mass is 9.74. The van der Waals surface area contributed by atoms with Gasteiger partial charge in [-0.2, -0.15) is 0 Å². The first-order chi connectivity index (χ1) is 9.59. The van der Waals surface area contributed by atoms with Crippen molar-refractivity contribution in [1.82, 2.24) is 9.97 Å². The molecule has 0 spiro atoms. The van der Waals surface area contributed by atoms with Gasteiger partial charge in [-0.3, -0.25) is 9.97 Å². The van der Waals surface area contributed by atoms with Crippen molar-refractivity contribution in [2.24, 2.45) is 0 Å². The fourth-order valence-corrected chi connectivity index (χ4v) is 3.05. The third-order valence-electron chi connectivity index (χ3n) is 4.16. The molecule has 1 aliphatic carbocycles. The lowest BCUT2D eigenvalue weighted by Gasteiger charge is -2.36. The Morgan fingerprint density at radius 1 is 1.40 bits per heavy atom. The van der Waals surface area contributed by atoms with Gasteiger partial charge in [-0.15, -0.1) is 0 Å². The van der Waals surface area contributed by atoms with Crippen molar-refractivity contribution in [2.75, 3.05) is 0 Å². The van der Waals surface area contributed by atoms with Crippen LogP contribution in [-0.2, 0) is 12.0 Å². The van der Waals surface area contributed by atoms with Crippen LogP contribution < -0.4 is 0 Å². The van der Waals surface area contributed by atoms with Gasteiger partial charge < -0.3 is 5.11 Å². The predicted octanol–water partition coefficient (Wildman–Crippen LogP) is 2.94. The van der Waals surface area contributed by atoms with Gasteiger partial charge in [0.25, 0.3) is 0 Å². The van der Waals surface area contributed by atoms with Gasteiger partial charge in [-0.25, -0.2) is 4.39 Å². The van der Waals surface area contributed by atoms with E-state index in [2.05, 4.69) is 16.0 Å². The molecule has 1 aliphatic rings. The highest BCUT2D eigenvalue weighted by Crippen LogP contribution is 2.43. The molecule has 0 amide bonds. The minimum absolute atomic E-state index is 0.129. The van der Waals surface area contributed by atoms with Crippen LogP contribution in [0.1, 0.15) is 42.5 Å². The fraction of sp³-hybridized carbons (Fsp3) is 0.375. The number of aryl methyl sites for hydroxylation is 1. The SMILES string of the molecule is CC(O)(c1cncc(F)c1)C1CCCc2cccnc21. The van der Waals surface area contributed by atoms with Crippen LogP contribution in [0.5, 0.6) is 0 Å². The molecule has 2 heterocycles. The van der Waals surface area contributed by atoms with Crippen LogP contribution >= 0.6 is 0 Å². The van der Waals surface area contributed by atoms with E-state index in [1.54, 1.807) is 13.1 Å². The van der Waals surface area contributed by atoms with Gasteiger partial charge in [0.1, 0.15) is 5.82 Å². The molecule has 2 unspecified atom stereocenters. The van der Waals surface area contributed by atoms with E-state index in [0.29, 0.717) is 5.56 Å². The van der Waals surface area contributed by atoms with Crippen LogP contribution in [0.2, 0.25) is 0 Å². The van der Waals surface area contributed by atoms with Gasteiger partial charge in [-0.05, 0) is 43.9 Å². The maximum atomic E-state index is 13.4. The van der Waals surface area contributed by atoms with Crippen molar-refractivity contribution in [3.8, 4) is 0 Å². The largest absolute Gasteiger partial charge is 0.385 e. The summed E-state index contributed by atoms with van der Waals surface area (Å²) in [6, 6.07) is 5.32. The number of hydrogen-bond acceptors (Lipinski definition) is 3. The topological polar surface area (TPSA) is 46.0 Å². The smallest absolute Gasteiger partial charge is 0.141 e. The van der Waals surface area contributed by atoms with E-state index >= 15 is 0 Å². The summed E-state index contributed by atoms with van der Waals surface area (Å²) in [7, 11) is 0. The summed E-state index contributed by atoms with van der Waals surface area (Å²) in [5.41, 5.74) is 1.43. The van der Waals surface area contributed by atoms with E-state index in [9.17, 15) is 9.50 Å². The molecular weight excluding hydrogens is 255 g/mol. The molecule has 0 aromatic carbocycles. The van der Waals surface area contributed by atoms with E-state index in [0.717, 1.165) is 31.2 Å². The van der Waals surface area contributed by atoms with Crippen molar-refractivity contribution < 1.29 is 9.50 Å². The number of aromatic nitrogens is 2. The quantitative estimate of drug-likeness (QED) is 0.914. The molecule has 2 atom stereocenters. The van der Waals surface area contributed by atoms with Crippen LogP contribution in [0.25, 0.3) is 0 Å². The summed E-state index contributed by atoms with van der Waals surface area (Å²) < 4.78 is 13.4. The van der Waals surface area contributed by atoms with E-state index in [4.69, 9.17) is 0 Å². The van der Waals surface area contributed by atoms with E-state index < -0.39 is 11.4 Å². The lowest BCUT2D eigenvalue weighted by Crippen LogP contribution is -2.33. The van der Waals surface area contributed by atoms with E-state index in [1.165, 1.54) is 17.8 Å². The second-order valence-electron chi connectivity index (χ2n) is 5.53. The molecule has 0 saturated heterocycles. The molecule has 2 aromatic heterocycles. The molecule has 0 saturated carbocycles. The van der Waals surface area contributed by atoms with Gasteiger partial charge in [0.15, 0.2) is 0 Å². The zero-order valence-corrected chi connectivity index (χ0v) is 11.4. The van der Waals surface area contributed by atoms with E-state index in [1.807, 2.05) is 6.07 Å². The Hall–Kier alpha value is -1.81. The van der Waals surface area contributed by atoms with Crippen LogP contribution in [0, 0.1) is 5.82 Å². The zero-order chi connectivity index (χ0) is 14.2. The van der Waals surface area contributed by atoms with Crippen molar-refractivity contribution in [1.29, 1.82) is 0 Å². The Morgan fingerprint density at radius 2 is 2.25 bits per heavy atom. The van der Waals surface area contributed by atoms with Crippen LogP contribution in [0.4, 0.5) is 4.39 Å². The Bertz CT molecular complexity index is 627. The van der Waals surface area contributed by atoms with E-state index in [-0.39, 0.29) is 5.92 Å². The highest BCUT2D eigenvalue weighted by Gasteiger charge is 2.38. The zero-order valence-electron chi connectivity index (χ0n) is 11.4. The molecule has 20 heavy (non-hydrogen) atoms. The van der Waals surface area contributed by atoms with Gasteiger partial charge >= 0.3 is 0 Å². The van der Waals surface area contributed by atoms with Gasteiger partial charge in [0, 0.05) is 29.6 Å². The van der Waals surface area contributed by atoms with Crippen LogP contribution in [0.3, 0.4) is 0 Å². The van der Waals surface area contributed by atoms with Crippen molar-refractivity contribution in [3.63, 3.8) is 0 Å². The van der Waals surface area contributed by atoms with Gasteiger partial charge in [-0.1, -0.05) is 6.07 Å². The molecule has 0 bridgehead atoms. The molecule has 3 nitrogen and oxygen atoms in total. The summed E-state index contributed by atoms with van der Waals surface area (Å²) in [6.07, 6.45) is 7.25. The first-order valence-electron chi connectivity index (χ1n) is 6.86. The summed E-state index contributed by atoms with van der Waals surface area (Å²) in [6.45, 7) is 1.72. The van der Waals surface area contributed by atoms with Crippen molar-refractivity contribution in [3.05, 3.63) is 59.4 Å². The Morgan fingerprint density at radius 3 is 3.05 bits per heavy atom. The minimum atomic E-state index is -1.17. The molecule has 2 aromatic rings. The number of nitrogens with zero attached hydrogens (tertiary/aromatic N) is 2. The molecule has 3 rings (SSSR count). The average Bonchev–Trinajstić information content (AvgIpc) is 2.46. The first kappa shape index (κ1) is 13.2. The third-order valence-corrected chi connectivity index (χ3v) is 4.16. The number of rotatable bonds is 2. The minimum Gasteiger partial charge on any atom is -0.385 e. The number of aliphatic hydroxyl groups is 1. The summed E-state index contributed by atoms with van der Waals surface area (Å²) in [5, 5.41) is 10.9. The highest BCUT2D eigenvalue weighted by atomic mass is 19.1. The Kier molecular flexibility index (Phi) is 3.26. The second kappa shape index (κ2) is 4.94. The van der Waals surface area contributed by atoms with Gasteiger partial charge in [0.05, 0.1) is 11.8 Å². The summed E-state index contributed by atoms with van der Waals surface area (Å²) in [5.74, 6) is -0.559. The van der Waals surface area contributed by atoms with Crippen LogP contribution in [0.15, 0.2) is 36.8 Å². The Balaban J connectivity index is 2.04. The monoisotopic (exact) mass is 272 g/mol. The maximum Gasteiger partial charge on any atom is 0.141 e. The molecule has 104 valence electrons. The molecule has 1 N–H and O–H groups in total. The lowest BCUT2D eigenvalue weighted by molar-refractivity contribution is 0.0182. The number of pyridine rings is 2. The normalized spacial score (nSPS) is 21.1. The van der Waals surface area contributed by atoms with Crippen molar-refractivity contribution in [2.45, 2.75) is 37.7 Å². The predicted molar refractivity (Wildman–Crippen MR) is 73.7 cm³/mol. The summed E-state index contributed by atoms with van der Waals surface area (Å²) >= 11 is 0. The average molecular weight is 272 g/mol. The highest BCUT2D eigenvalue weighted by molar-refractivity contribution is 5.32. The standard InChI is InChI=1S/C16H17FN2O/c1-16(20,12-8-13(17)10-18-9-12)14-6-2-4-11-5-3-7-19-15(11)14/h3,5,7-10,14,20H,2,4,6H2,1H3.